The first kappa shape index (κ1) is 14.8. The second kappa shape index (κ2) is 6.21. The Balaban J connectivity index is 2.11. The van der Waals surface area contributed by atoms with Crippen molar-refractivity contribution >= 4 is 29.2 Å². The summed E-state index contributed by atoms with van der Waals surface area (Å²) in [5.41, 5.74) is 0.196. The largest absolute Gasteiger partial charge is 0.478 e. The van der Waals surface area contributed by atoms with Gasteiger partial charge in [0.2, 0.25) is 5.91 Å². The van der Waals surface area contributed by atoms with Crippen LogP contribution in [-0.4, -0.2) is 42.8 Å². The summed E-state index contributed by atoms with van der Waals surface area (Å²) in [5, 5.41) is 15.1. The Labute approximate surface area is 121 Å². The number of anilines is 1. The zero-order chi connectivity index (χ0) is 14.7. The number of hydrogen-bond donors (Lipinski definition) is 3. The summed E-state index contributed by atoms with van der Waals surface area (Å²) < 4.78 is 5.17. The fourth-order valence-electron chi connectivity index (χ4n) is 2.11. The molecular formula is C13H15ClN2O4. The van der Waals surface area contributed by atoms with Gasteiger partial charge in [0.15, 0.2) is 0 Å². The van der Waals surface area contributed by atoms with E-state index in [0.717, 1.165) is 0 Å². The molecule has 1 aromatic carbocycles. The van der Waals surface area contributed by atoms with E-state index >= 15 is 0 Å². The molecule has 3 N–H and O–H groups in total. The van der Waals surface area contributed by atoms with Crippen LogP contribution < -0.4 is 10.6 Å². The van der Waals surface area contributed by atoms with Gasteiger partial charge in [-0.25, -0.2) is 4.79 Å². The van der Waals surface area contributed by atoms with Crippen molar-refractivity contribution in [3.05, 3.63) is 28.8 Å². The summed E-state index contributed by atoms with van der Waals surface area (Å²) in [7, 11) is 1.59. The minimum absolute atomic E-state index is 0.00374. The predicted molar refractivity (Wildman–Crippen MR) is 74.2 cm³/mol. The summed E-state index contributed by atoms with van der Waals surface area (Å²) in [6, 6.07) is 3.85. The second-order valence-electron chi connectivity index (χ2n) is 4.54. The number of hydrogen-bond acceptors (Lipinski definition) is 4. The molecule has 1 heterocycles. The van der Waals surface area contributed by atoms with Crippen LogP contribution in [0.15, 0.2) is 18.2 Å². The van der Waals surface area contributed by atoms with Crippen LogP contribution in [0.4, 0.5) is 5.69 Å². The zero-order valence-electron chi connectivity index (χ0n) is 10.9. The molecule has 0 aliphatic carbocycles. The van der Waals surface area contributed by atoms with Crippen molar-refractivity contribution in [3.63, 3.8) is 0 Å². The molecule has 2 unspecified atom stereocenters. The zero-order valence-corrected chi connectivity index (χ0v) is 11.6. The van der Waals surface area contributed by atoms with E-state index < -0.39 is 12.0 Å². The number of carbonyl (C=O) groups is 2. The van der Waals surface area contributed by atoms with Crippen molar-refractivity contribution in [3.8, 4) is 0 Å². The highest BCUT2D eigenvalue weighted by molar-refractivity contribution is 6.31. The van der Waals surface area contributed by atoms with Crippen molar-refractivity contribution in [2.45, 2.75) is 18.6 Å². The SMILES string of the molecule is COC1CNC(C(=O)Nc2cc(Cl)ccc2C(=O)O)C1. The molecule has 1 amide bonds. The smallest absolute Gasteiger partial charge is 0.337 e. The van der Waals surface area contributed by atoms with E-state index in [2.05, 4.69) is 10.6 Å². The summed E-state index contributed by atoms with van der Waals surface area (Å²) in [6.07, 6.45) is 0.537. The van der Waals surface area contributed by atoms with Crippen LogP contribution in [0.3, 0.4) is 0 Å². The van der Waals surface area contributed by atoms with Crippen molar-refractivity contribution in [1.82, 2.24) is 5.32 Å². The minimum Gasteiger partial charge on any atom is -0.478 e. The van der Waals surface area contributed by atoms with E-state index in [1.807, 2.05) is 0 Å². The number of ether oxygens (including phenoxy) is 1. The van der Waals surface area contributed by atoms with Crippen molar-refractivity contribution < 1.29 is 19.4 Å². The number of halogens is 1. The highest BCUT2D eigenvalue weighted by Gasteiger charge is 2.29. The molecule has 7 heteroatoms. The van der Waals surface area contributed by atoms with Crippen LogP contribution in [0, 0.1) is 0 Å². The molecule has 20 heavy (non-hydrogen) atoms. The van der Waals surface area contributed by atoms with Crippen LogP contribution in [0.25, 0.3) is 0 Å². The van der Waals surface area contributed by atoms with E-state index in [1.165, 1.54) is 18.2 Å². The third kappa shape index (κ3) is 3.27. The molecule has 0 saturated carbocycles. The monoisotopic (exact) mass is 298 g/mol. The lowest BCUT2D eigenvalue weighted by molar-refractivity contribution is -0.118. The quantitative estimate of drug-likeness (QED) is 0.781. The average Bonchev–Trinajstić information content (AvgIpc) is 2.87. The maximum atomic E-state index is 12.1. The number of amides is 1. The molecule has 2 atom stereocenters. The normalized spacial score (nSPS) is 21.7. The topological polar surface area (TPSA) is 87.7 Å². The number of methoxy groups -OCH3 is 1. The Bertz CT molecular complexity index is 535. The number of benzene rings is 1. The van der Waals surface area contributed by atoms with Gasteiger partial charge in [-0.2, -0.15) is 0 Å². The van der Waals surface area contributed by atoms with Crippen molar-refractivity contribution in [1.29, 1.82) is 0 Å². The van der Waals surface area contributed by atoms with Crippen LogP contribution in [0.5, 0.6) is 0 Å². The predicted octanol–water partition coefficient (Wildman–Crippen LogP) is 1.35. The fraction of sp³-hybridized carbons (Fsp3) is 0.385. The first-order valence-electron chi connectivity index (χ1n) is 6.11. The van der Waals surface area contributed by atoms with Gasteiger partial charge < -0.3 is 20.5 Å². The van der Waals surface area contributed by atoms with Gasteiger partial charge in [-0.05, 0) is 24.6 Å². The van der Waals surface area contributed by atoms with Crippen molar-refractivity contribution in [2.75, 3.05) is 19.0 Å². The molecule has 1 saturated heterocycles. The standard InChI is InChI=1S/C13H15ClN2O4/c1-20-8-5-11(15-6-8)12(17)16-10-4-7(14)2-3-9(10)13(18)19/h2-4,8,11,15H,5-6H2,1H3,(H,16,17)(H,18,19). The van der Waals surface area contributed by atoms with E-state index in [4.69, 9.17) is 21.4 Å². The molecule has 1 aliphatic heterocycles. The summed E-state index contributed by atoms with van der Waals surface area (Å²) in [6.45, 7) is 0.593. The summed E-state index contributed by atoms with van der Waals surface area (Å²) >= 11 is 5.83. The molecule has 0 bridgehead atoms. The summed E-state index contributed by atoms with van der Waals surface area (Å²) in [5.74, 6) is -1.42. The number of carboxylic acids is 1. The van der Waals surface area contributed by atoms with Gasteiger partial charge in [-0.3, -0.25) is 4.79 Å². The molecule has 0 aromatic heterocycles. The lowest BCUT2D eigenvalue weighted by atomic mass is 10.1. The molecule has 108 valence electrons. The first-order valence-corrected chi connectivity index (χ1v) is 6.49. The maximum Gasteiger partial charge on any atom is 0.337 e. The molecule has 0 spiro atoms. The lowest BCUT2D eigenvalue weighted by Crippen LogP contribution is -2.35. The molecule has 2 rings (SSSR count). The Morgan fingerprint density at radius 3 is 2.85 bits per heavy atom. The van der Waals surface area contributed by atoms with Gasteiger partial charge in [-0.15, -0.1) is 0 Å². The highest BCUT2D eigenvalue weighted by atomic mass is 35.5. The molecule has 1 aromatic rings. The number of carbonyl (C=O) groups excluding carboxylic acids is 1. The summed E-state index contributed by atoms with van der Waals surface area (Å²) in [4.78, 5) is 23.2. The average molecular weight is 299 g/mol. The lowest BCUT2D eigenvalue weighted by Gasteiger charge is -2.13. The van der Waals surface area contributed by atoms with Gasteiger partial charge in [0.05, 0.1) is 23.4 Å². The fourth-order valence-corrected chi connectivity index (χ4v) is 2.28. The third-order valence-corrected chi connectivity index (χ3v) is 3.45. The molecular weight excluding hydrogens is 284 g/mol. The Morgan fingerprint density at radius 1 is 1.50 bits per heavy atom. The van der Waals surface area contributed by atoms with Gasteiger partial charge >= 0.3 is 5.97 Å². The molecule has 0 radical (unpaired) electrons. The van der Waals surface area contributed by atoms with Gasteiger partial charge in [0, 0.05) is 18.7 Å². The number of aromatic carboxylic acids is 1. The highest BCUT2D eigenvalue weighted by Crippen LogP contribution is 2.22. The number of rotatable bonds is 4. The Hall–Kier alpha value is -1.63. The second-order valence-corrected chi connectivity index (χ2v) is 4.97. The van der Waals surface area contributed by atoms with Crippen molar-refractivity contribution in [2.24, 2.45) is 0 Å². The third-order valence-electron chi connectivity index (χ3n) is 3.21. The van der Waals surface area contributed by atoms with Crippen LogP contribution >= 0.6 is 11.6 Å². The van der Waals surface area contributed by atoms with E-state index in [-0.39, 0.29) is 23.3 Å². The maximum absolute atomic E-state index is 12.1. The first-order chi connectivity index (χ1) is 9.51. The van der Waals surface area contributed by atoms with Gasteiger partial charge in [0.25, 0.3) is 0 Å². The number of carboxylic acid groups (broad SMARTS) is 1. The van der Waals surface area contributed by atoms with Gasteiger partial charge in [0.1, 0.15) is 0 Å². The molecule has 6 nitrogen and oxygen atoms in total. The minimum atomic E-state index is -1.12. The van der Waals surface area contributed by atoms with Crippen LogP contribution in [0.1, 0.15) is 16.8 Å². The number of nitrogens with one attached hydrogen (secondary N) is 2. The van der Waals surface area contributed by atoms with E-state index in [1.54, 1.807) is 7.11 Å². The van der Waals surface area contributed by atoms with Crippen LogP contribution in [-0.2, 0) is 9.53 Å². The van der Waals surface area contributed by atoms with Gasteiger partial charge in [-0.1, -0.05) is 11.6 Å². The van der Waals surface area contributed by atoms with Crippen LogP contribution in [0.2, 0.25) is 5.02 Å². The molecule has 1 fully saturated rings. The van der Waals surface area contributed by atoms with E-state index in [0.29, 0.717) is 18.0 Å². The Morgan fingerprint density at radius 2 is 2.25 bits per heavy atom. The Kier molecular flexibility index (Phi) is 4.59. The van der Waals surface area contributed by atoms with E-state index in [9.17, 15) is 9.59 Å². The molecule has 1 aliphatic rings.